The van der Waals surface area contributed by atoms with E-state index in [9.17, 15) is 0 Å². The zero-order valence-corrected chi connectivity index (χ0v) is 22.4. The summed E-state index contributed by atoms with van der Waals surface area (Å²) in [5.74, 6) is 1.16. The molecule has 0 saturated heterocycles. The molecule has 1 aliphatic carbocycles. The molecular formula is C39H26N2. The molecule has 2 heteroatoms. The first-order chi connectivity index (χ1) is 20.3. The first-order valence-electron chi connectivity index (χ1n) is 14.3. The number of rotatable bonds is 3. The normalized spacial score (nSPS) is 12.9. The third kappa shape index (κ3) is 3.25. The maximum absolute atomic E-state index is 3.61. The van der Waals surface area contributed by atoms with Crippen LogP contribution in [0.5, 0.6) is 0 Å². The zero-order chi connectivity index (χ0) is 26.9. The average Bonchev–Trinajstić information content (AvgIpc) is 3.56. The Hall–Kier alpha value is -5.34. The van der Waals surface area contributed by atoms with E-state index in [4.69, 9.17) is 0 Å². The monoisotopic (exact) mass is 522 g/mol. The van der Waals surface area contributed by atoms with E-state index in [2.05, 4.69) is 149 Å². The summed E-state index contributed by atoms with van der Waals surface area (Å²) in [5.41, 5.74) is 14.0. The second kappa shape index (κ2) is 8.58. The Morgan fingerprint density at radius 3 is 2.02 bits per heavy atom. The van der Waals surface area contributed by atoms with Crippen molar-refractivity contribution in [3.63, 3.8) is 0 Å². The minimum Gasteiger partial charge on any atom is -0.367 e. The van der Waals surface area contributed by atoms with Gasteiger partial charge in [0, 0.05) is 23.2 Å². The molecule has 192 valence electrons. The van der Waals surface area contributed by atoms with E-state index < -0.39 is 0 Å². The maximum atomic E-state index is 3.61. The highest BCUT2D eigenvalue weighted by atomic mass is 15.1. The Kier molecular flexibility index (Phi) is 4.70. The highest BCUT2D eigenvalue weighted by Gasteiger charge is 2.22. The van der Waals surface area contributed by atoms with Gasteiger partial charge in [-0.15, -0.1) is 0 Å². The molecule has 9 rings (SSSR count). The van der Waals surface area contributed by atoms with Crippen LogP contribution in [0.25, 0.3) is 77.9 Å². The maximum Gasteiger partial charge on any atom is 0.119 e. The van der Waals surface area contributed by atoms with Gasteiger partial charge < -0.3 is 5.32 Å². The molecule has 2 heterocycles. The molecule has 6 aromatic carbocycles. The number of nitrogens with one attached hydrogen (secondary N) is 1. The van der Waals surface area contributed by atoms with Gasteiger partial charge in [-0.25, -0.2) is 0 Å². The molecule has 1 aromatic heterocycles. The summed E-state index contributed by atoms with van der Waals surface area (Å²) in [4.78, 5) is 0. The topological polar surface area (TPSA) is 17.0 Å². The van der Waals surface area contributed by atoms with Crippen molar-refractivity contribution in [2.24, 2.45) is 0 Å². The number of fused-ring (bicyclic) bond motifs is 6. The Labute approximate surface area is 238 Å². The molecule has 41 heavy (non-hydrogen) atoms. The van der Waals surface area contributed by atoms with Crippen LogP contribution >= 0.6 is 0 Å². The largest absolute Gasteiger partial charge is 0.367 e. The fourth-order valence-electron chi connectivity index (χ4n) is 6.92. The van der Waals surface area contributed by atoms with Gasteiger partial charge in [0.1, 0.15) is 5.82 Å². The van der Waals surface area contributed by atoms with E-state index in [1.54, 1.807) is 0 Å². The summed E-state index contributed by atoms with van der Waals surface area (Å²) in [6, 6.07) is 46.6. The van der Waals surface area contributed by atoms with Crippen molar-refractivity contribution < 1.29 is 0 Å². The van der Waals surface area contributed by atoms with Crippen LogP contribution < -0.4 is 5.32 Å². The Balaban J connectivity index is 1.14. The van der Waals surface area contributed by atoms with Gasteiger partial charge in [0.25, 0.3) is 0 Å². The number of hydrogen-bond acceptors (Lipinski definition) is 1. The number of para-hydroxylation sites is 1. The van der Waals surface area contributed by atoms with Crippen molar-refractivity contribution in [1.29, 1.82) is 0 Å². The third-order valence-corrected chi connectivity index (χ3v) is 8.77. The summed E-state index contributed by atoms with van der Waals surface area (Å²) in [6.07, 6.45) is 4.46. The van der Waals surface area contributed by atoms with Gasteiger partial charge in [0.05, 0.1) is 5.52 Å². The molecule has 0 saturated carbocycles. The molecule has 2 aliphatic rings. The molecular weight excluding hydrogens is 496 g/mol. The smallest absolute Gasteiger partial charge is 0.119 e. The summed E-state index contributed by atoms with van der Waals surface area (Å²) >= 11 is 0. The van der Waals surface area contributed by atoms with Crippen molar-refractivity contribution >= 4 is 33.6 Å². The molecule has 1 aliphatic heterocycles. The zero-order valence-electron chi connectivity index (χ0n) is 22.4. The lowest BCUT2D eigenvalue weighted by atomic mass is 9.93. The number of anilines is 1. The molecule has 0 unspecified atom stereocenters. The predicted octanol–water partition coefficient (Wildman–Crippen LogP) is 10.2. The van der Waals surface area contributed by atoms with Gasteiger partial charge >= 0.3 is 0 Å². The number of aromatic nitrogens is 1. The minimum absolute atomic E-state index is 0.841. The Bertz CT molecular complexity index is 2150. The lowest BCUT2D eigenvalue weighted by Crippen LogP contribution is -2.08. The van der Waals surface area contributed by atoms with Crippen LogP contribution in [0.2, 0.25) is 0 Å². The van der Waals surface area contributed by atoms with E-state index in [1.807, 2.05) is 0 Å². The first-order valence-corrected chi connectivity index (χ1v) is 14.3. The summed E-state index contributed by atoms with van der Waals surface area (Å²) in [6.45, 7) is 0.841. The van der Waals surface area contributed by atoms with Crippen molar-refractivity contribution in [3.05, 3.63) is 139 Å². The summed E-state index contributed by atoms with van der Waals surface area (Å²) < 4.78 is 2.34. The van der Waals surface area contributed by atoms with Crippen LogP contribution in [-0.4, -0.2) is 11.1 Å². The van der Waals surface area contributed by atoms with Crippen LogP contribution in [0, 0.1) is 0 Å². The van der Waals surface area contributed by atoms with Crippen LogP contribution in [0.15, 0.2) is 133 Å². The summed E-state index contributed by atoms with van der Waals surface area (Å²) in [7, 11) is 0. The molecule has 7 aromatic rings. The quantitative estimate of drug-likeness (QED) is 0.244. The van der Waals surface area contributed by atoms with Gasteiger partial charge in [0.15, 0.2) is 0 Å². The molecule has 0 radical (unpaired) electrons. The van der Waals surface area contributed by atoms with E-state index >= 15 is 0 Å². The lowest BCUT2D eigenvalue weighted by molar-refractivity contribution is 1.09. The standard InChI is InChI=1S/C39H26N2/c1-2-8-28(9-3-1)41-37-22-19-27(24-36(37)35-14-7-23-40-39(35)41)25-15-17-26(18-16-25)29-20-21-34-31-11-5-4-10-30(31)33-13-6-12-32(29)38(33)34/h1-22,24,40H,23H2. The molecule has 0 bridgehead atoms. The van der Waals surface area contributed by atoms with Crippen LogP contribution in [0.3, 0.4) is 0 Å². The third-order valence-electron chi connectivity index (χ3n) is 8.77. The van der Waals surface area contributed by atoms with Crippen molar-refractivity contribution in [2.75, 3.05) is 11.9 Å². The fourth-order valence-corrected chi connectivity index (χ4v) is 6.92. The second-order valence-electron chi connectivity index (χ2n) is 11.0. The molecule has 0 fully saturated rings. The first kappa shape index (κ1) is 22.5. The Morgan fingerprint density at radius 2 is 1.20 bits per heavy atom. The van der Waals surface area contributed by atoms with Crippen LogP contribution in [-0.2, 0) is 0 Å². The number of hydrogen-bond donors (Lipinski definition) is 1. The van der Waals surface area contributed by atoms with E-state index in [-0.39, 0.29) is 0 Å². The molecule has 0 atom stereocenters. The van der Waals surface area contributed by atoms with E-state index in [1.165, 1.54) is 77.4 Å². The predicted molar refractivity (Wildman–Crippen MR) is 174 cm³/mol. The molecule has 1 N–H and O–H groups in total. The molecule has 0 amide bonds. The SMILES string of the molecule is C1=Cc2c(n(-c3ccccc3)c3ccc(-c4ccc(-c5ccc6c7c(cccc57)-c5ccccc5-6)cc4)cc23)NC1. The number of benzene rings is 6. The van der Waals surface area contributed by atoms with Gasteiger partial charge in [-0.05, 0) is 79.5 Å². The summed E-state index contributed by atoms with van der Waals surface area (Å²) in [5, 5.41) is 7.57. The Morgan fingerprint density at radius 1 is 0.512 bits per heavy atom. The van der Waals surface area contributed by atoms with Crippen molar-refractivity contribution in [3.8, 4) is 50.2 Å². The second-order valence-corrected chi connectivity index (χ2v) is 11.0. The highest BCUT2D eigenvalue weighted by Crippen LogP contribution is 2.49. The van der Waals surface area contributed by atoms with Crippen LogP contribution in [0.4, 0.5) is 5.82 Å². The fraction of sp³-hybridized carbons (Fsp3) is 0.0256. The average molecular weight is 523 g/mol. The number of nitrogens with zero attached hydrogens (tertiary/aromatic N) is 1. The van der Waals surface area contributed by atoms with Crippen molar-refractivity contribution in [1.82, 2.24) is 4.57 Å². The van der Waals surface area contributed by atoms with E-state index in [0.717, 1.165) is 12.4 Å². The van der Waals surface area contributed by atoms with Gasteiger partial charge in [-0.3, -0.25) is 4.57 Å². The van der Waals surface area contributed by atoms with Gasteiger partial charge in [-0.1, -0.05) is 115 Å². The minimum atomic E-state index is 0.841. The van der Waals surface area contributed by atoms with Crippen LogP contribution in [0.1, 0.15) is 5.56 Å². The van der Waals surface area contributed by atoms with E-state index in [0.29, 0.717) is 0 Å². The molecule has 2 nitrogen and oxygen atoms in total. The van der Waals surface area contributed by atoms with Gasteiger partial charge in [0.2, 0.25) is 0 Å². The van der Waals surface area contributed by atoms with Gasteiger partial charge in [-0.2, -0.15) is 0 Å². The molecule has 0 spiro atoms. The highest BCUT2D eigenvalue weighted by molar-refractivity contribution is 6.18. The lowest BCUT2D eigenvalue weighted by Gasteiger charge is -2.14. The van der Waals surface area contributed by atoms with Crippen molar-refractivity contribution in [2.45, 2.75) is 0 Å².